The first-order valence-electron chi connectivity index (χ1n) is 8.86. The zero-order valence-corrected chi connectivity index (χ0v) is 14.9. The Morgan fingerprint density at radius 2 is 2.23 bits per heavy atom. The maximum Gasteiger partial charge on any atom is 0.338 e. The van der Waals surface area contributed by atoms with Crippen molar-refractivity contribution in [3.63, 3.8) is 0 Å². The van der Waals surface area contributed by atoms with Gasteiger partial charge >= 0.3 is 5.97 Å². The van der Waals surface area contributed by atoms with Crippen LogP contribution in [0.15, 0.2) is 41.9 Å². The number of carbonyl (C=O) groups excluding carboxylic acids is 1. The number of nitrogens with one attached hydrogen (secondary N) is 1. The van der Waals surface area contributed by atoms with Gasteiger partial charge in [-0.1, -0.05) is 24.3 Å². The van der Waals surface area contributed by atoms with Crippen molar-refractivity contribution in [3.05, 3.63) is 53.0 Å². The van der Waals surface area contributed by atoms with Gasteiger partial charge in [-0.15, -0.1) is 0 Å². The summed E-state index contributed by atoms with van der Waals surface area (Å²) in [5.41, 5.74) is 3.37. The molecule has 1 fully saturated rings. The van der Waals surface area contributed by atoms with Crippen LogP contribution < -0.4 is 5.32 Å². The Kier molecular flexibility index (Phi) is 4.46. The van der Waals surface area contributed by atoms with Crippen molar-refractivity contribution in [3.8, 4) is 0 Å². The smallest absolute Gasteiger partial charge is 0.338 e. The van der Waals surface area contributed by atoms with E-state index in [4.69, 9.17) is 9.47 Å². The molecule has 3 heterocycles. The summed E-state index contributed by atoms with van der Waals surface area (Å²) in [5.74, 6) is 0.270. The summed E-state index contributed by atoms with van der Waals surface area (Å²) in [6, 6.07) is 7.61. The van der Waals surface area contributed by atoms with Crippen molar-refractivity contribution >= 4 is 11.9 Å². The largest absolute Gasteiger partial charge is 0.459 e. The molecule has 4 rings (SSSR count). The molecule has 0 radical (unpaired) electrons. The van der Waals surface area contributed by atoms with Gasteiger partial charge in [0.15, 0.2) is 0 Å². The molecule has 2 atom stereocenters. The van der Waals surface area contributed by atoms with E-state index in [-0.39, 0.29) is 24.7 Å². The van der Waals surface area contributed by atoms with Gasteiger partial charge in [-0.05, 0) is 37.8 Å². The maximum atomic E-state index is 13.0. The van der Waals surface area contributed by atoms with E-state index >= 15 is 0 Å². The second-order valence-corrected chi connectivity index (χ2v) is 6.68. The molecule has 0 saturated carbocycles. The van der Waals surface area contributed by atoms with Gasteiger partial charge in [0.1, 0.15) is 19.0 Å². The molecule has 1 aromatic carbocycles. The number of carbonyl (C=O) groups is 1. The summed E-state index contributed by atoms with van der Waals surface area (Å²) in [7, 11) is 0. The standard InChI is InChI=1S/C19H22N4O3/c1-12-6-3-4-8-15(12)17-16(13(2)22-19-20-11-21-23(17)19)18(24)26-10-14-7-5-9-25-14/h3-4,6,8,11,14,17H,5,7,9-10H2,1-2H3,(H,20,21,22)/t14-,17+/m0/s1. The van der Waals surface area contributed by atoms with Crippen molar-refractivity contribution in [2.24, 2.45) is 0 Å². The number of benzene rings is 1. The van der Waals surface area contributed by atoms with Gasteiger partial charge in [0.25, 0.3) is 0 Å². The van der Waals surface area contributed by atoms with E-state index in [1.165, 1.54) is 6.33 Å². The number of aryl methyl sites for hydroxylation is 1. The summed E-state index contributed by atoms with van der Waals surface area (Å²) >= 11 is 0. The van der Waals surface area contributed by atoms with E-state index in [1.54, 1.807) is 4.68 Å². The van der Waals surface area contributed by atoms with Crippen LogP contribution in [0.5, 0.6) is 0 Å². The number of allylic oxidation sites excluding steroid dienone is 1. The molecule has 0 aliphatic carbocycles. The fourth-order valence-corrected chi connectivity index (χ4v) is 3.56. The highest BCUT2D eigenvalue weighted by Gasteiger charge is 2.35. The maximum absolute atomic E-state index is 13.0. The lowest BCUT2D eigenvalue weighted by Gasteiger charge is -2.29. The molecular weight excluding hydrogens is 332 g/mol. The molecule has 0 bridgehead atoms. The van der Waals surface area contributed by atoms with Crippen LogP contribution >= 0.6 is 0 Å². The van der Waals surface area contributed by atoms with Gasteiger partial charge < -0.3 is 14.8 Å². The molecule has 1 N–H and O–H groups in total. The molecule has 0 unspecified atom stereocenters. The normalized spacial score (nSPS) is 22.1. The number of esters is 1. The summed E-state index contributed by atoms with van der Waals surface area (Å²) in [5, 5.41) is 7.49. The molecule has 2 aliphatic heterocycles. The highest BCUT2D eigenvalue weighted by molar-refractivity contribution is 5.92. The van der Waals surface area contributed by atoms with Crippen LogP contribution in [0.1, 0.15) is 36.9 Å². The average Bonchev–Trinajstić information content (AvgIpc) is 3.30. The predicted molar refractivity (Wildman–Crippen MR) is 95.6 cm³/mol. The van der Waals surface area contributed by atoms with Crippen molar-refractivity contribution in [1.29, 1.82) is 0 Å². The number of ether oxygens (including phenoxy) is 2. The minimum atomic E-state index is -0.369. The Morgan fingerprint density at radius 3 is 3.00 bits per heavy atom. The summed E-state index contributed by atoms with van der Waals surface area (Å²) in [6.45, 7) is 4.91. The topological polar surface area (TPSA) is 78.3 Å². The Hall–Kier alpha value is -2.67. The molecule has 1 aromatic heterocycles. The number of rotatable bonds is 4. The van der Waals surface area contributed by atoms with E-state index in [2.05, 4.69) is 15.4 Å². The van der Waals surface area contributed by atoms with E-state index in [0.29, 0.717) is 11.5 Å². The number of anilines is 1. The second kappa shape index (κ2) is 6.92. The predicted octanol–water partition coefficient (Wildman–Crippen LogP) is 2.60. The molecular formula is C19H22N4O3. The van der Waals surface area contributed by atoms with Crippen molar-refractivity contribution < 1.29 is 14.3 Å². The van der Waals surface area contributed by atoms with Gasteiger partial charge in [0.2, 0.25) is 5.95 Å². The molecule has 2 aliphatic rings. The molecule has 136 valence electrons. The Labute approximate surface area is 152 Å². The minimum Gasteiger partial charge on any atom is -0.459 e. The molecule has 0 spiro atoms. The van der Waals surface area contributed by atoms with Crippen LogP contribution in [0.4, 0.5) is 5.95 Å². The number of nitrogens with zero attached hydrogens (tertiary/aromatic N) is 3. The summed E-state index contributed by atoms with van der Waals surface area (Å²) < 4.78 is 12.9. The van der Waals surface area contributed by atoms with Gasteiger partial charge in [-0.3, -0.25) is 0 Å². The fourth-order valence-electron chi connectivity index (χ4n) is 3.56. The van der Waals surface area contributed by atoms with Crippen LogP contribution in [0.25, 0.3) is 0 Å². The van der Waals surface area contributed by atoms with Crippen molar-refractivity contribution in [1.82, 2.24) is 14.8 Å². The third-order valence-electron chi connectivity index (χ3n) is 4.92. The highest BCUT2D eigenvalue weighted by Crippen LogP contribution is 2.36. The third kappa shape index (κ3) is 2.99. The van der Waals surface area contributed by atoms with Gasteiger partial charge in [-0.25, -0.2) is 9.48 Å². The van der Waals surface area contributed by atoms with Gasteiger partial charge in [0, 0.05) is 12.3 Å². The van der Waals surface area contributed by atoms with Gasteiger partial charge in [-0.2, -0.15) is 10.1 Å². The lowest BCUT2D eigenvalue weighted by atomic mass is 9.92. The van der Waals surface area contributed by atoms with E-state index in [1.807, 2.05) is 38.1 Å². The van der Waals surface area contributed by atoms with Crippen molar-refractivity contribution in [2.75, 3.05) is 18.5 Å². The van der Waals surface area contributed by atoms with Crippen LogP contribution in [-0.2, 0) is 14.3 Å². The molecule has 0 amide bonds. The monoisotopic (exact) mass is 354 g/mol. The molecule has 7 nitrogen and oxygen atoms in total. The Balaban J connectivity index is 1.68. The Bertz CT molecular complexity index is 852. The molecule has 26 heavy (non-hydrogen) atoms. The number of aromatic nitrogens is 3. The van der Waals surface area contributed by atoms with Crippen LogP contribution in [0.3, 0.4) is 0 Å². The number of hydrogen-bond donors (Lipinski definition) is 1. The molecule has 2 aromatic rings. The second-order valence-electron chi connectivity index (χ2n) is 6.68. The highest BCUT2D eigenvalue weighted by atomic mass is 16.6. The minimum absolute atomic E-state index is 0.00440. The lowest BCUT2D eigenvalue weighted by molar-refractivity contribution is -0.142. The first kappa shape index (κ1) is 16.8. The van der Waals surface area contributed by atoms with Crippen LogP contribution in [0, 0.1) is 6.92 Å². The fraction of sp³-hybridized carbons (Fsp3) is 0.421. The summed E-state index contributed by atoms with van der Waals surface area (Å²) in [4.78, 5) is 17.2. The zero-order valence-electron chi connectivity index (χ0n) is 14.9. The first-order chi connectivity index (χ1) is 12.6. The van der Waals surface area contributed by atoms with E-state index in [9.17, 15) is 4.79 Å². The first-order valence-corrected chi connectivity index (χ1v) is 8.86. The van der Waals surface area contributed by atoms with Crippen molar-refractivity contribution in [2.45, 2.75) is 38.8 Å². The third-order valence-corrected chi connectivity index (χ3v) is 4.92. The van der Waals surface area contributed by atoms with Gasteiger partial charge in [0.05, 0.1) is 11.7 Å². The van der Waals surface area contributed by atoms with Crippen LogP contribution in [-0.4, -0.2) is 40.1 Å². The Morgan fingerprint density at radius 1 is 1.38 bits per heavy atom. The number of hydrogen-bond acceptors (Lipinski definition) is 6. The lowest BCUT2D eigenvalue weighted by Crippen LogP contribution is -2.31. The number of fused-ring (bicyclic) bond motifs is 1. The quantitative estimate of drug-likeness (QED) is 0.851. The zero-order chi connectivity index (χ0) is 18.1. The van der Waals surface area contributed by atoms with E-state index in [0.717, 1.165) is 36.3 Å². The average molecular weight is 354 g/mol. The van der Waals surface area contributed by atoms with Crippen LogP contribution in [0.2, 0.25) is 0 Å². The molecule has 7 heteroatoms. The van der Waals surface area contributed by atoms with E-state index < -0.39 is 0 Å². The summed E-state index contributed by atoms with van der Waals surface area (Å²) in [6.07, 6.45) is 3.43. The molecule has 1 saturated heterocycles. The SMILES string of the molecule is CC1=C(C(=O)OC[C@@H]2CCCO2)[C@@H](c2ccccc2C)n2ncnc2N1.